The average Bonchev–Trinajstić information content (AvgIpc) is 3.09. The van der Waals surface area contributed by atoms with Gasteiger partial charge in [0, 0.05) is 11.3 Å². The minimum Gasteiger partial charge on any atom is -0.491 e. The van der Waals surface area contributed by atoms with Crippen LogP contribution in [-0.4, -0.2) is 33.8 Å². The van der Waals surface area contributed by atoms with Crippen LogP contribution in [0.3, 0.4) is 0 Å². The van der Waals surface area contributed by atoms with E-state index in [0.29, 0.717) is 16.9 Å². The van der Waals surface area contributed by atoms with Crippen molar-refractivity contribution in [3.63, 3.8) is 0 Å². The Balaban J connectivity index is 1.48. The molecule has 3 aromatic rings. The zero-order valence-electron chi connectivity index (χ0n) is 12.3. The van der Waals surface area contributed by atoms with Crippen LogP contribution in [0.4, 0.5) is 0 Å². The van der Waals surface area contributed by atoms with Crippen molar-refractivity contribution in [2.24, 2.45) is 0 Å². The molecule has 118 valence electrons. The number of thioether (sulfide) groups is 1. The predicted octanol–water partition coefficient (Wildman–Crippen LogP) is 3.27. The molecule has 0 fully saturated rings. The molecular formula is C17H16N2O3S. The van der Waals surface area contributed by atoms with Gasteiger partial charge in [-0.05, 0) is 24.3 Å². The third kappa shape index (κ3) is 4.58. The molecule has 0 aliphatic heterocycles. The largest absolute Gasteiger partial charge is 0.491 e. The lowest BCUT2D eigenvalue weighted by atomic mass is 10.2. The second kappa shape index (κ2) is 7.80. The highest BCUT2D eigenvalue weighted by atomic mass is 32.2. The number of para-hydroxylation sites is 1. The van der Waals surface area contributed by atoms with Gasteiger partial charge in [0.1, 0.15) is 12.4 Å². The van der Waals surface area contributed by atoms with Gasteiger partial charge in [0.25, 0.3) is 5.22 Å². The fourth-order valence-corrected chi connectivity index (χ4v) is 2.56. The SMILES string of the molecule is O[C@@H](COc1ccccc1)CSc1nnc(-c2ccccc2)o1. The summed E-state index contributed by atoms with van der Waals surface area (Å²) >= 11 is 1.31. The third-order valence-corrected chi connectivity index (χ3v) is 3.98. The lowest BCUT2D eigenvalue weighted by Gasteiger charge is -2.10. The summed E-state index contributed by atoms with van der Waals surface area (Å²) in [6, 6.07) is 19.0. The van der Waals surface area contributed by atoms with E-state index in [0.717, 1.165) is 11.3 Å². The summed E-state index contributed by atoms with van der Waals surface area (Å²) < 4.78 is 11.1. The number of aromatic nitrogens is 2. The number of hydrogen-bond acceptors (Lipinski definition) is 6. The van der Waals surface area contributed by atoms with Crippen molar-refractivity contribution in [3.8, 4) is 17.2 Å². The van der Waals surface area contributed by atoms with E-state index in [1.807, 2.05) is 60.7 Å². The molecule has 0 spiro atoms. The smallest absolute Gasteiger partial charge is 0.276 e. The number of ether oxygens (including phenoxy) is 1. The number of benzene rings is 2. The van der Waals surface area contributed by atoms with Gasteiger partial charge in [0.15, 0.2) is 0 Å². The fourth-order valence-electron chi connectivity index (χ4n) is 1.89. The van der Waals surface area contributed by atoms with Crippen LogP contribution in [0.25, 0.3) is 11.5 Å². The van der Waals surface area contributed by atoms with Crippen LogP contribution in [0.15, 0.2) is 70.3 Å². The molecule has 0 amide bonds. The minimum absolute atomic E-state index is 0.219. The lowest BCUT2D eigenvalue weighted by molar-refractivity contribution is 0.126. The Morgan fingerprint density at radius 1 is 1.00 bits per heavy atom. The van der Waals surface area contributed by atoms with Crippen LogP contribution >= 0.6 is 11.8 Å². The van der Waals surface area contributed by atoms with Crippen molar-refractivity contribution >= 4 is 11.8 Å². The van der Waals surface area contributed by atoms with Crippen LogP contribution in [0, 0.1) is 0 Å². The first-order valence-electron chi connectivity index (χ1n) is 7.19. The molecule has 0 bridgehead atoms. The Hall–Kier alpha value is -2.31. The molecule has 5 nitrogen and oxygen atoms in total. The molecular weight excluding hydrogens is 312 g/mol. The topological polar surface area (TPSA) is 68.4 Å². The summed E-state index contributed by atoms with van der Waals surface area (Å²) in [5.74, 6) is 1.63. The monoisotopic (exact) mass is 328 g/mol. The molecule has 23 heavy (non-hydrogen) atoms. The Bertz CT molecular complexity index is 719. The number of aliphatic hydroxyl groups is 1. The van der Waals surface area contributed by atoms with Crippen molar-refractivity contribution in [1.29, 1.82) is 0 Å². The maximum Gasteiger partial charge on any atom is 0.276 e. The Kier molecular flexibility index (Phi) is 5.29. The number of rotatable bonds is 7. The lowest BCUT2D eigenvalue weighted by Crippen LogP contribution is -2.20. The Morgan fingerprint density at radius 3 is 2.43 bits per heavy atom. The summed E-state index contributed by atoms with van der Waals surface area (Å²) in [6.45, 7) is 0.219. The molecule has 1 atom stereocenters. The van der Waals surface area contributed by atoms with Gasteiger partial charge in [-0.3, -0.25) is 0 Å². The van der Waals surface area contributed by atoms with Crippen LogP contribution in [0.2, 0.25) is 0 Å². The van der Waals surface area contributed by atoms with Crippen molar-refractivity contribution in [2.45, 2.75) is 11.3 Å². The molecule has 1 N–H and O–H groups in total. The normalized spacial score (nSPS) is 12.0. The molecule has 0 saturated carbocycles. The first kappa shape index (κ1) is 15.6. The first-order chi connectivity index (χ1) is 11.3. The highest BCUT2D eigenvalue weighted by molar-refractivity contribution is 7.99. The van der Waals surface area contributed by atoms with Crippen molar-refractivity contribution in [2.75, 3.05) is 12.4 Å². The van der Waals surface area contributed by atoms with Gasteiger partial charge in [-0.25, -0.2) is 0 Å². The van der Waals surface area contributed by atoms with Gasteiger partial charge >= 0.3 is 0 Å². The average molecular weight is 328 g/mol. The van der Waals surface area contributed by atoms with E-state index in [4.69, 9.17) is 9.15 Å². The summed E-state index contributed by atoms with van der Waals surface area (Å²) in [5.41, 5.74) is 0.875. The fraction of sp³-hybridized carbons (Fsp3) is 0.176. The molecule has 3 rings (SSSR count). The number of nitrogens with zero attached hydrogens (tertiary/aromatic N) is 2. The highest BCUT2D eigenvalue weighted by Crippen LogP contribution is 2.23. The van der Waals surface area contributed by atoms with Crippen LogP contribution in [0.1, 0.15) is 0 Å². The molecule has 0 aliphatic rings. The maximum absolute atomic E-state index is 9.96. The van der Waals surface area contributed by atoms with E-state index in [2.05, 4.69) is 10.2 Å². The predicted molar refractivity (Wildman–Crippen MR) is 88.4 cm³/mol. The minimum atomic E-state index is -0.618. The Morgan fingerprint density at radius 2 is 1.70 bits per heavy atom. The summed E-state index contributed by atoms with van der Waals surface area (Å²) in [5, 5.41) is 18.4. The summed E-state index contributed by atoms with van der Waals surface area (Å²) in [7, 11) is 0. The number of aliphatic hydroxyl groups excluding tert-OH is 1. The molecule has 0 radical (unpaired) electrons. The first-order valence-corrected chi connectivity index (χ1v) is 8.17. The number of hydrogen-bond donors (Lipinski definition) is 1. The zero-order chi connectivity index (χ0) is 15.9. The highest BCUT2D eigenvalue weighted by Gasteiger charge is 2.12. The standard InChI is InChI=1S/C17H16N2O3S/c20-14(11-21-15-9-5-2-6-10-15)12-23-17-19-18-16(22-17)13-7-3-1-4-8-13/h1-10,14,20H,11-12H2/t14-/m0/s1. The molecule has 2 aromatic carbocycles. The second-order valence-corrected chi connectivity index (χ2v) is 5.80. The summed E-state index contributed by atoms with van der Waals surface area (Å²) in [6.07, 6.45) is -0.618. The van der Waals surface area contributed by atoms with Gasteiger partial charge in [-0.15, -0.1) is 10.2 Å². The maximum atomic E-state index is 9.96. The molecule has 0 unspecified atom stereocenters. The van der Waals surface area contributed by atoms with E-state index in [-0.39, 0.29) is 6.61 Å². The van der Waals surface area contributed by atoms with Gasteiger partial charge in [0.05, 0.1) is 6.10 Å². The second-order valence-electron chi connectivity index (χ2n) is 4.83. The van der Waals surface area contributed by atoms with Gasteiger partial charge in [0.2, 0.25) is 5.89 Å². The molecule has 0 aliphatic carbocycles. The molecule has 1 heterocycles. The zero-order valence-corrected chi connectivity index (χ0v) is 13.1. The molecule has 1 aromatic heterocycles. The quantitative estimate of drug-likeness (QED) is 0.671. The van der Waals surface area contributed by atoms with Gasteiger partial charge in [-0.1, -0.05) is 48.2 Å². The van der Waals surface area contributed by atoms with Crippen LogP contribution < -0.4 is 4.74 Å². The van der Waals surface area contributed by atoms with E-state index < -0.39 is 6.10 Å². The van der Waals surface area contributed by atoms with Crippen LogP contribution in [0.5, 0.6) is 5.75 Å². The van der Waals surface area contributed by atoms with Gasteiger partial charge in [-0.2, -0.15) is 0 Å². The van der Waals surface area contributed by atoms with Gasteiger partial charge < -0.3 is 14.3 Å². The van der Waals surface area contributed by atoms with E-state index in [9.17, 15) is 5.11 Å². The van der Waals surface area contributed by atoms with E-state index in [1.54, 1.807) is 0 Å². The molecule has 6 heteroatoms. The third-order valence-electron chi connectivity index (χ3n) is 3.01. The van der Waals surface area contributed by atoms with E-state index >= 15 is 0 Å². The van der Waals surface area contributed by atoms with Crippen LogP contribution in [-0.2, 0) is 0 Å². The molecule has 0 saturated heterocycles. The van der Waals surface area contributed by atoms with Crippen molar-refractivity contribution in [1.82, 2.24) is 10.2 Å². The van der Waals surface area contributed by atoms with Crippen molar-refractivity contribution < 1.29 is 14.3 Å². The van der Waals surface area contributed by atoms with E-state index in [1.165, 1.54) is 11.8 Å². The Labute approximate surface area is 138 Å². The summed E-state index contributed by atoms with van der Waals surface area (Å²) in [4.78, 5) is 0. The van der Waals surface area contributed by atoms with Crippen molar-refractivity contribution in [3.05, 3.63) is 60.7 Å².